The fraction of sp³-hybridized carbons (Fsp3) is 0.919. The van der Waals surface area contributed by atoms with Gasteiger partial charge in [-0.2, -0.15) is 8.42 Å². The highest BCUT2D eigenvalue weighted by molar-refractivity contribution is 7.85. The van der Waals surface area contributed by atoms with Crippen LogP contribution in [0.4, 0.5) is 0 Å². The number of rotatable bonds is 8. The molecule has 2 N–H and O–H groups in total. The van der Waals surface area contributed by atoms with Crippen molar-refractivity contribution >= 4 is 27.8 Å². The second-order valence-electron chi connectivity index (χ2n) is 16.6. The Bertz CT molecular complexity index is 1390. The number of carbonyl (C=O) groups excluding carboxylic acids is 3. The van der Waals surface area contributed by atoms with Crippen molar-refractivity contribution in [2.75, 3.05) is 40.2 Å². The van der Waals surface area contributed by atoms with E-state index in [4.69, 9.17) is 32.6 Å². The first-order chi connectivity index (χ1) is 24.3. The Balaban J connectivity index is 2.29. The van der Waals surface area contributed by atoms with Gasteiger partial charge in [-0.15, -0.1) is 0 Å². The fourth-order valence-corrected chi connectivity index (χ4v) is 8.63. The monoisotopic (exact) mass is 779 g/mol. The van der Waals surface area contributed by atoms with Crippen LogP contribution in [-0.4, -0.2) is 141 Å². The molecule has 0 radical (unpaired) electrons. The molecule has 0 aromatic carbocycles. The Labute approximate surface area is 315 Å². The Hall–Kier alpha value is -1.76. The molecular weight excluding hydrogens is 714 g/mol. The minimum atomic E-state index is -4.00. The SMILES string of the molecule is CC[C@H]1OC(=O)[C@H](C)[C@H]2OCC(O)(COS(C)(=O)=O)CO[C@](C)(C[C@@H](C)C(=O)[C@H](C)[C@@H](C)[C@]1(C)O)[C@H](O[C@H]1O[C@H](C)C[C@H](N(C)C)[C@H]1OC(C)=O)[C@@H]2C. The van der Waals surface area contributed by atoms with Gasteiger partial charge in [0, 0.05) is 24.7 Å². The Morgan fingerprint density at radius 2 is 1.64 bits per heavy atom. The van der Waals surface area contributed by atoms with Crippen molar-refractivity contribution in [2.45, 2.75) is 148 Å². The number of ketones is 1. The molecule has 2 bridgehead atoms. The van der Waals surface area contributed by atoms with Gasteiger partial charge in [-0.1, -0.05) is 34.6 Å². The lowest BCUT2D eigenvalue weighted by atomic mass is 9.71. The Kier molecular flexibility index (Phi) is 15.1. The maximum Gasteiger partial charge on any atom is 0.311 e. The molecule has 3 heterocycles. The number of ether oxygens (including phenoxy) is 6. The van der Waals surface area contributed by atoms with Gasteiger partial charge in [0.2, 0.25) is 0 Å². The van der Waals surface area contributed by atoms with Crippen molar-refractivity contribution in [3.63, 3.8) is 0 Å². The van der Waals surface area contributed by atoms with E-state index in [0.29, 0.717) is 6.42 Å². The number of aliphatic hydroxyl groups is 2. The van der Waals surface area contributed by atoms with Gasteiger partial charge in [-0.3, -0.25) is 18.6 Å². The Morgan fingerprint density at radius 1 is 1.02 bits per heavy atom. The summed E-state index contributed by atoms with van der Waals surface area (Å²) in [5, 5.41) is 23.6. The van der Waals surface area contributed by atoms with Gasteiger partial charge in [-0.05, 0) is 67.0 Å². The van der Waals surface area contributed by atoms with Crippen molar-refractivity contribution in [2.24, 2.45) is 29.6 Å². The van der Waals surface area contributed by atoms with E-state index in [1.165, 1.54) is 6.92 Å². The van der Waals surface area contributed by atoms with Crippen LogP contribution in [0.15, 0.2) is 0 Å². The van der Waals surface area contributed by atoms with Crippen LogP contribution >= 0.6 is 0 Å². The van der Waals surface area contributed by atoms with Gasteiger partial charge in [0.1, 0.15) is 23.1 Å². The van der Waals surface area contributed by atoms with Crippen molar-refractivity contribution in [1.82, 2.24) is 4.90 Å². The molecule has 15 atom stereocenters. The highest BCUT2D eigenvalue weighted by Crippen LogP contribution is 2.42. The van der Waals surface area contributed by atoms with Crippen LogP contribution in [0.25, 0.3) is 0 Å². The first-order valence-corrected chi connectivity index (χ1v) is 20.5. The summed E-state index contributed by atoms with van der Waals surface area (Å²) < 4.78 is 67.3. The van der Waals surface area contributed by atoms with Crippen LogP contribution < -0.4 is 0 Å². The van der Waals surface area contributed by atoms with Crippen LogP contribution in [0, 0.1) is 29.6 Å². The normalized spacial score (nSPS) is 44.0. The number of Topliss-reactive ketones (excluding diaryl/α,β-unsaturated/α-hetero) is 1. The van der Waals surface area contributed by atoms with Gasteiger partial charge in [0.15, 0.2) is 12.4 Å². The minimum absolute atomic E-state index is 0.0312. The smallest absolute Gasteiger partial charge is 0.311 e. The van der Waals surface area contributed by atoms with E-state index >= 15 is 0 Å². The van der Waals surface area contributed by atoms with Crippen LogP contribution in [0.2, 0.25) is 0 Å². The zero-order chi connectivity index (χ0) is 40.4. The summed E-state index contributed by atoms with van der Waals surface area (Å²) in [5.41, 5.74) is -5.06. The molecule has 0 aliphatic carbocycles. The highest BCUT2D eigenvalue weighted by Gasteiger charge is 2.54. The second-order valence-corrected chi connectivity index (χ2v) is 18.2. The quantitative estimate of drug-likeness (QED) is 0.269. The number of hydrogen-bond acceptors (Lipinski definition) is 15. The summed E-state index contributed by atoms with van der Waals surface area (Å²) in [4.78, 5) is 42.7. The van der Waals surface area contributed by atoms with Crippen LogP contribution in [0.3, 0.4) is 0 Å². The zero-order valence-corrected chi connectivity index (χ0v) is 34.6. The third kappa shape index (κ3) is 11.0. The van der Waals surface area contributed by atoms with E-state index < -0.39 is 119 Å². The molecule has 0 aromatic rings. The highest BCUT2D eigenvalue weighted by atomic mass is 32.2. The molecule has 1 unspecified atom stereocenters. The minimum Gasteiger partial charge on any atom is -0.459 e. The van der Waals surface area contributed by atoms with Crippen molar-refractivity contribution in [1.29, 1.82) is 0 Å². The maximum absolute atomic E-state index is 14.3. The molecule has 3 rings (SSSR count). The van der Waals surface area contributed by atoms with Gasteiger partial charge >= 0.3 is 11.9 Å². The predicted octanol–water partition coefficient (Wildman–Crippen LogP) is 2.48. The molecule has 3 aliphatic heterocycles. The summed E-state index contributed by atoms with van der Waals surface area (Å²) >= 11 is 0. The van der Waals surface area contributed by atoms with Gasteiger partial charge < -0.3 is 43.5 Å². The van der Waals surface area contributed by atoms with Crippen LogP contribution in [-0.2, 0) is 57.1 Å². The number of esters is 2. The van der Waals surface area contributed by atoms with Gasteiger partial charge in [-0.25, -0.2) is 0 Å². The largest absolute Gasteiger partial charge is 0.459 e. The number of hydrogen-bond donors (Lipinski definition) is 2. The molecule has 16 heteroatoms. The maximum atomic E-state index is 14.3. The fourth-order valence-electron chi connectivity index (χ4n) is 8.20. The van der Waals surface area contributed by atoms with Crippen molar-refractivity contribution in [3.8, 4) is 0 Å². The lowest BCUT2D eigenvalue weighted by Gasteiger charge is -2.49. The lowest BCUT2D eigenvalue weighted by molar-refractivity contribution is -0.305. The molecule has 308 valence electrons. The number of nitrogens with zero attached hydrogens (tertiary/aromatic N) is 1. The number of carbonyl (C=O) groups is 3. The standard InChI is InChI=1S/C37H65NO14S/c1-14-28-36(10,42)25(7)22(4)29(40)20(2)16-35(9)32(52-34-31(50-26(8)39)27(38(11)12)15-21(3)49-34)23(5)30(24(6)33(41)51-28)46-17-37(43,18-47-35)19-48-53(13,44)45/h20-25,27-28,30-32,34,42-43H,14-19H2,1-13H3/t20-,21-,22-,23-,24-,25-,27+,28-,30+,31-,32-,34-,35-,36+,37?/m1/s1. The summed E-state index contributed by atoms with van der Waals surface area (Å²) in [6.45, 7) is 15.1. The third-order valence-corrected chi connectivity index (χ3v) is 12.2. The van der Waals surface area contributed by atoms with E-state index in [2.05, 4.69) is 0 Å². The van der Waals surface area contributed by atoms with Gasteiger partial charge in [0.25, 0.3) is 10.1 Å². The summed E-state index contributed by atoms with van der Waals surface area (Å²) in [6, 6.07) is -0.301. The second kappa shape index (κ2) is 17.6. The van der Waals surface area contributed by atoms with Crippen LogP contribution in [0.1, 0.15) is 88.5 Å². The zero-order valence-electron chi connectivity index (χ0n) is 33.8. The topological polar surface area (TPSA) is 194 Å². The molecule has 3 fully saturated rings. The molecule has 3 aliphatic rings. The lowest BCUT2D eigenvalue weighted by Crippen LogP contribution is -2.61. The van der Waals surface area contributed by atoms with E-state index in [9.17, 15) is 33.0 Å². The molecular formula is C37H65NO14S. The average Bonchev–Trinajstić information content (AvgIpc) is 3.09. The third-order valence-electron chi connectivity index (χ3n) is 11.7. The molecule has 0 spiro atoms. The molecule has 3 saturated heterocycles. The summed E-state index contributed by atoms with van der Waals surface area (Å²) in [5.74, 6) is -5.22. The Morgan fingerprint density at radius 3 is 2.19 bits per heavy atom. The molecule has 0 saturated carbocycles. The molecule has 0 aromatic heterocycles. The first kappa shape index (κ1) is 45.6. The molecule has 0 amide bonds. The molecule has 53 heavy (non-hydrogen) atoms. The number of likely N-dealkylation sites (N-methyl/N-ethyl adjacent to an activating group) is 1. The van der Waals surface area contributed by atoms with E-state index in [-0.39, 0.29) is 30.8 Å². The summed E-state index contributed by atoms with van der Waals surface area (Å²) in [6.07, 6.45) is -3.76. The number of fused-ring (bicyclic) bond motifs is 3. The van der Waals surface area contributed by atoms with Gasteiger partial charge in [0.05, 0.1) is 61.9 Å². The predicted molar refractivity (Wildman–Crippen MR) is 193 cm³/mol. The van der Waals surface area contributed by atoms with E-state index in [1.807, 2.05) is 25.9 Å². The van der Waals surface area contributed by atoms with E-state index in [1.54, 1.807) is 55.4 Å². The molecule has 15 nitrogen and oxygen atoms in total. The summed E-state index contributed by atoms with van der Waals surface area (Å²) in [7, 11) is -0.276. The number of cyclic esters (lactones) is 1. The van der Waals surface area contributed by atoms with Crippen molar-refractivity contribution in [3.05, 3.63) is 0 Å². The first-order valence-electron chi connectivity index (χ1n) is 18.7. The van der Waals surface area contributed by atoms with Crippen LogP contribution in [0.5, 0.6) is 0 Å². The van der Waals surface area contributed by atoms with E-state index in [0.717, 1.165) is 6.26 Å². The van der Waals surface area contributed by atoms with Crippen molar-refractivity contribution < 1.29 is 65.6 Å². The average molecular weight is 780 g/mol.